The number of benzene rings is 1. The molecule has 2 aliphatic heterocycles. The number of hydrogen-bond donors (Lipinski definition) is 2. The lowest BCUT2D eigenvalue weighted by Gasteiger charge is -2.47. The summed E-state index contributed by atoms with van der Waals surface area (Å²) in [4.78, 5) is 12.9. The Kier molecular flexibility index (Phi) is 3.40. The molecule has 4 atom stereocenters. The third kappa shape index (κ3) is 2.27. The minimum Gasteiger partial charge on any atom is -0.490 e. The van der Waals surface area contributed by atoms with Crippen LogP contribution in [0.4, 0.5) is 0 Å². The van der Waals surface area contributed by atoms with E-state index >= 15 is 0 Å². The summed E-state index contributed by atoms with van der Waals surface area (Å²) in [5, 5.41) is 10.2. The van der Waals surface area contributed by atoms with Crippen molar-refractivity contribution in [1.29, 1.82) is 0 Å². The number of aliphatic hydroxyl groups excluding tert-OH is 1. The van der Waals surface area contributed by atoms with Gasteiger partial charge in [0.15, 0.2) is 0 Å². The maximum Gasteiger partial charge on any atom is 0.283 e. The minimum absolute atomic E-state index is 0.00931. The maximum atomic E-state index is 10.2. The quantitative estimate of drug-likeness (QED) is 0.808. The van der Waals surface area contributed by atoms with Crippen molar-refractivity contribution in [2.24, 2.45) is 16.6 Å². The molecule has 3 aliphatic rings. The number of nitrogens with two attached hydrogens (primary N) is 1. The molecule has 134 valence electrons. The van der Waals surface area contributed by atoms with Crippen LogP contribution in [-0.4, -0.2) is 39.9 Å². The third-order valence-corrected chi connectivity index (χ3v) is 5.74. The molecule has 0 saturated heterocycles. The molecule has 3 heterocycles. The van der Waals surface area contributed by atoms with Gasteiger partial charge in [0.1, 0.15) is 30.3 Å². The Morgan fingerprint density at radius 2 is 2.00 bits per heavy atom. The molecule has 0 radical (unpaired) electrons. The molecule has 5 rings (SSSR count). The topological polar surface area (TPSA) is 103 Å². The number of fused-ring (bicyclic) bond motifs is 4. The molecule has 7 heteroatoms. The van der Waals surface area contributed by atoms with E-state index in [0.717, 1.165) is 35.3 Å². The van der Waals surface area contributed by atoms with Gasteiger partial charge in [0.2, 0.25) is 0 Å². The molecule has 26 heavy (non-hydrogen) atoms. The summed E-state index contributed by atoms with van der Waals surface area (Å²) in [7, 11) is 0. The highest BCUT2D eigenvalue weighted by Gasteiger charge is 2.55. The molecular formula is C19H20N4O3. The monoisotopic (exact) mass is 352 g/mol. The average Bonchev–Trinajstić information content (AvgIpc) is 3.06. The van der Waals surface area contributed by atoms with Crippen molar-refractivity contribution in [3.05, 3.63) is 42.5 Å². The fourth-order valence-corrected chi connectivity index (χ4v) is 4.50. The van der Waals surface area contributed by atoms with E-state index in [0.29, 0.717) is 13.0 Å². The summed E-state index contributed by atoms with van der Waals surface area (Å²) >= 11 is 0. The van der Waals surface area contributed by atoms with Crippen LogP contribution in [0.3, 0.4) is 0 Å². The number of hydrogen-bond acceptors (Lipinski definition) is 7. The van der Waals surface area contributed by atoms with Crippen molar-refractivity contribution in [3.8, 4) is 16.9 Å². The Hall–Kier alpha value is -2.67. The SMILES string of the molecule is NC1=NC2(CO1)c1cc(-c3cncnc3)ccc1O[C@H]1CCC(O)C[C@@H]12. The lowest BCUT2D eigenvalue weighted by atomic mass is 9.67. The number of rotatable bonds is 1. The van der Waals surface area contributed by atoms with E-state index in [4.69, 9.17) is 20.2 Å². The second-order valence-electron chi connectivity index (χ2n) is 7.23. The second kappa shape index (κ2) is 5.67. The largest absolute Gasteiger partial charge is 0.490 e. The van der Waals surface area contributed by atoms with Gasteiger partial charge in [-0.1, -0.05) is 6.07 Å². The van der Waals surface area contributed by atoms with Gasteiger partial charge < -0.3 is 20.3 Å². The molecule has 7 nitrogen and oxygen atoms in total. The van der Waals surface area contributed by atoms with E-state index in [-0.39, 0.29) is 24.1 Å². The smallest absolute Gasteiger partial charge is 0.283 e. The first-order valence-electron chi connectivity index (χ1n) is 8.88. The van der Waals surface area contributed by atoms with E-state index < -0.39 is 5.54 Å². The molecule has 1 aromatic carbocycles. The molecule has 0 amide bonds. The highest BCUT2D eigenvalue weighted by Crippen LogP contribution is 2.52. The molecule has 1 aromatic heterocycles. The first-order valence-corrected chi connectivity index (χ1v) is 8.88. The van der Waals surface area contributed by atoms with Gasteiger partial charge in [0.25, 0.3) is 6.02 Å². The molecule has 1 spiro atoms. The van der Waals surface area contributed by atoms with E-state index in [1.807, 2.05) is 12.1 Å². The Bertz CT molecular complexity index is 872. The molecule has 2 aromatic rings. The Morgan fingerprint density at radius 1 is 1.15 bits per heavy atom. The molecule has 2 unspecified atom stereocenters. The number of amidine groups is 1. The number of aliphatic hydroxyl groups is 1. The van der Waals surface area contributed by atoms with E-state index in [9.17, 15) is 5.11 Å². The lowest BCUT2D eigenvalue weighted by molar-refractivity contribution is -0.0359. The number of aromatic nitrogens is 2. The molecule has 1 aliphatic carbocycles. The van der Waals surface area contributed by atoms with Crippen LogP contribution in [0.5, 0.6) is 5.75 Å². The van der Waals surface area contributed by atoms with E-state index in [1.165, 1.54) is 6.33 Å². The van der Waals surface area contributed by atoms with Crippen molar-refractivity contribution < 1.29 is 14.6 Å². The van der Waals surface area contributed by atoms with Crippen molar-refractivity contribution in [2.45, 2.75) is 37.0 Å². The Morgan fingerprint density at radius 3 is 2.77 bits per heavy atom. The van der Waals surface area contributed by atoms with Crippen molar-refractivity contribution in [1.82, 2.24) is 9.97 Å². The zero-order valence-electron chi connectivity index (χ0n) is 14.2. The fourth-order valence-electron chi connectivity index (χ4n) is 4.50. The van der Waals surface area contributed by atoms with Gasteiger partial charge in [-0.25, -0.2) is 15.0 Å². The summed E-state index contributed by atoms with van der Waals surface area (Å²) in [5.74, 6) is 0.840. The van der Waals surface area contributed by atoms with Crippen LogP contribution < -0.4 is 10.5 Å². The average molecular weight is 352 g/mol. The summed E-state index contributed by atoms with van der Waals surface area (Å²) in [6.45, 7) is 0.373. The highest BCUT2D eigenvalue weighted by molar-refractivity contribution is 5.75. The van der Waals surface area contributed by atoms with Crippen LogP contribution in [-0.2, 0) is 10.3 Å². The predicted molar refractivity (Wildman–Crippen MR) is 94.5 cm³/mol. The molecule has 3 N–H and O–H groups in total. The van der Waals surface area contributed by atoms with Gasteiger partial charge >= 0.3 is 0 Å². The summed E-state index contributed by atoms with van der Waals surface area (Å²) in [6.07, 6.45) is 6.90. The van der Waals surface area contributed by atoms with Crippen molar-refractivity contribution in [2.75, 3.05) is 6.61 Å². The van der Waals surface area contributed by atoms with Gasteiger partial charge in [-0.05, 0) is 37.0 Å². The van der Waals surface area contributed by atoms with Crippen LogP contribution in [0, 0.1) is 5.92 Å². The van der Waals surface area contributed by atoms with Gasteiger partial charge in [0.05, 0.1) is 6.10 Å². The van der Waals surface area contributed by atoms with E-state index in [1.54, 1.807) is 12.4 Å². The summed E-state index contributed by atoms with van der Waals surface area (Å²) in [6, 6.07) is 6.25. The molecule has 1 saturated carbocycles. The molecule has 1 fully saturated rings. The van der Waals surface area contributed by atoms with Gasteiger partial charge in [-0.15, -0.1) is 0 Å². The summed E-state index contributed by atoms with van der Waals surface area (Å²) < 4.78 is 11.9. The Labute approximate surface area is 150 Å². The van der Waals surface area contributed by atoms with Gasteiger partial charge in [-0.2, -0.15) is 0 Å². The minimum atomic E-state index is -0.616. The third-order valence-electron chi connectivity index (χ3n) is 5.74. The maximum absolute atomic E-state index is 10.2. The van der Waals surface area contributed by atoms with Crippen LogP contribution in [0.1, 0.15) is 24.8 Å². The van der Waals surface area contributed by atoms with Crippen LogP contribution in [0.25, 0.3) is 11.1 Å². The van der Waals surface area contributed by atoms with Gasteiger partial charge in [-0.3, -0.25) is 0 Å². The highest BCUT2D eigenvalue weighted by atomic mass is 16.5. The van der Waals surface area contributed by atoms with Gasteiger partial charge in [0, 0.05) is 29.4 Å². The Balaban J connectivity index is 1.67. The zero-order valence-corrected chi connectivity index (χ0v) is 14.2. The predicted octanol–water partition coefficient (Wildman–Crippen LogP) is 1.61. The lowest BCUT2D eigenvalue weighted by Crippen LogP contribution is -2.51. The summed E-state index contributed by atoms with van der Waals surface area (Å²) in [5.41, 5.74) is 8.16. The normalized spacial score (nSPS) is 32.2. The second-order valence-corrected chi connectivity index (χ2v) is 7.23. The first kappa shape index (κ1) is 15.6. The molecule has 0 bridgehead atoms. The molecular weight excluding hydrogens is 332 g/mol. The number of aliphatic imine (C=N–C) groups is 1. The fraction of sp³-hybridized carbons (Fsp3) is 0.421. The zero-order chi connectivity index (χ0) is 17.7. The number of ether oxygens (including phenoxy) is 2. The van der Waals surface area contributed by atoms with Crippen LogP contribution in [0.15, 0.2) is 41.9 Å². The standard InChI is InChI=1S/C19H20N4O3/c20-18-23-19(9-25-18)14-5-11(12-7-21-10-22-8-12)1-3-16(14)26-17-4-2-13(24)6-15(17)19/h1,3,5,7-8,10,13,15,17,24H,2,4,6,9H2,(H2,20,23)/t13?,15-,17-,19?/m0/s1. The van der Waals surface area contributed by atoms with Crippen molar-refractivity contribution in [3.63, 3.8) is 0 Å². The van der Waals surface area contributed by atoms with Crippen LogP contribution >= 0.6 is 0 Å². The number of nitrogens with zero attached hydrogens (tertiary/aromatic N) is 3. The van der Waals surface area contributed by atoms with Crippen molar-refractivity contribution >= 4 is 6.02 Å². The van der Waals surface area contributed by atoms with Crippen LogP contribution in [0.2, 0.25) is 0 Å². The first-order chi connectivity index (χ1) is 12.7. The van der Waals surface area contributed by atoms with E-state index in [2.05, 4.69) is 16.0 Å².